The molecule has 2 heterocycles. The van der Waals surface area contributed by atoms with Crippen molar-refractivity contribution < 1.29 is 13.5 Å². The first kappa shape index (κ1) is 15.1. The second-order valence-electron chi connectivity index (χ2n) is 5.37. The van der Waals surface area contributed by atoms with Gasteiger partial charge in [0.2, 0.25) is 0 Å². The second kappa shape index (κ2) is 6.20. The van der Waals surface area contributed by atoms with Crippen LogP contribution in [0.4, 0.5) is 4.39 Å². The fourth-order valence-electron chi connectivity index (χ4n) is 2.37. The Labute approximate surface area is 141 Å². The molecule has 0 aliphatic heterocycles. The van der Waals surface area contributed by atoms with Gasteiger partial charge in [-0.3, -0.25) is 0 Å². The number of rotatable bonds is 4. The van der Waals surface area contributed by atoms with Gasteiger partial charge in [-0.05, 0) is 42.5 Å². The smallest absolute Gasteiger partial charge is 0.336 e. The lowest BCUT2D eigenvalue weighted by atomic mass is 10.2. The predicted molar refractivity (Wildman–Crippen MR) is 88.1 cm³/mol. The minimum absolute atomic E-state index is 0.198. The van der Waals surface area contributed by atoms with Crippen molar-refractivity contribution in [3.05, 3.63) is 82.7 Å². The summed E-state index contributed by atoms with van der Waals surface area (Å²) in [4.78, 5) is 11.3. The summed E-state index contributed by atoms with van der Waals surface area (Å²) < 4.78 is 25.3. The van der Waals surface area contributed by atoms with Gasteiger partial charge in [0, 0.05) is 17.5 Å². The van der Waals surface area contributed by atoms with E-state index >= 15 is 0 Å². The van der Waals surface area contributed by atoms with E-state index in [4.69, 9.17) is 9.15 Å². The molecule has 0 saturated carbocycles. The number of hydrogen-bond acceptors (Lipinski definition) is 5. The first-order chi connectivity index (χ1) is 12.2. The van der Waals surface area contributed by atoms with Crippen molar-refractivity contribution in [3.8, 4) is 11.4 Å². The zero-order chi connectivity index (χ0) is 17.2. The molecule has 0 N–H and O–H groups in total. The van der Waals surface area contributed by atoms with E-state index in [1.54, 1.807) is 36.5 Å². The van der Waals surface area contributed by atoms with Gasteiger partial charge in [0.05, 0.1) is 11.9 Å². The monoisotopic (exact) mass is 337 g/mol. The third-order valence-corrected chi connectivity index (χ3v) is 3.61. The summed E-state index contributed by atoms with van der Waals surface area (Å²) in [7, 11) is 0. The van der Waals surface area contributed by atoms with Crippen LogP contribution in [0.2, 0.25) is 0 Å². The highest BCUT2D eigenvalue weighted by Gasteiger charge is 2.05. The van der Waals surface area contributed by atoms with Crippen LogP contribution in [-0.2, 0) is 6.61 Å². The maximum Gasteiger partial charge on any atom is 0.336 e. The molecule has 25 heavy (non-hydrogen) atoms. The molecule has 2 aromatic heterocycles. The molecule has 4 rings (SSSR count). The zero-order valence-electron chi connectivity index (χ0n) is 12.9. The Morgan fingerprint density at radius 1 is 1.08 bits per heavy atom. The van der Waals surface area contributed by atoms with Gasteiger partial charge in [-0.2, -0.15) is 0 Å². The predicted octanol–water partition coefficient (Wildman–Crippen LogP) is 3.09. The molecule has 7 heteroatoms. The maximum atomic E-state index is 13.0. The molecule has 0 spiro atoms. The molecule has 0 fully saturated rings. The van der Waals surface area contributed by atoms with Crippen molar-refractivity contribution in [1.29, 1.82) is 0 Å². The lowest BCUT2D eigenvalue weighted by Crippen LogP contribution is -1.97. The topological polar surface area (TPSA) is 70.2 Å². The van der Waals surface area contributed by atoms with E-state index in [2.05, 4.69) is 10.3 Å². The molecule has 0 bridgehead atoms. The van der Waals surface area contributed by atoms with Crippen molar-refractivity contribution >= 4 is 11.0 Å². The lowest BCUT2D eigenvalue weighted by molar-refractivity contribution is 0.301. The number of aromatic nitrogens is 3. The molecule has 124 valence electrons. The van der Waals surface area contributed by atoms with Crippen LogP contribution in [0, 0.1) is 5.82 Å². The van der Waals surface area contributed by atoms with Crippen molar-refractivity contribution in [2.75, 3.05) is 0 Å². The number of benzene rings is 2. The number of nitrogens with zero attached hydrogens (tertiary/aromatic N) is 3. The van der Waals surface area contributed by atoms with Crippen molar-refractivity contribution in [3.63, 3.8) is 0 Å². The number of hydrogen-bond donors (Lipinski definition) is 0. The van der Waals surface area contributed by atoms with Crippen LogP contribution in [0.5, 0.6) is 5.75 Å². The minimum atomic E-state index is -0.410. The first-order valence-electron chi connectivity index (χ1n) is 7.51. The summed E-state index contributed by atoms with van der Waals surface area (Å²) >= 11 is 0. The van der Waals surface area contributed by atoms with E-state index in [1.807, 2.05) is 6.07 Å². The SMILES string of the molecule is O=c1ccc2ccc(OCc3cn(-c4ccc(F)cc4)nn3)cc2o1. The van der Waals surface area contributed by atoms with Crippen LogP contribution in [0.1, 0.15) is 5.69 Å². The van der Waals surface area contributed by atoms with Gasteiger partial charge in [-0.25, -0.2) is 13.9 Å². The van der Waals surface area contributed by atoms with Crippen molar-refractivity contribution in [2.24, 2.45) is 0 Å². The molecule has 0 atom stereocenters. The second-order valence-corrected chi connectivity index (χ2v) is 5.37. The minimum Gasteiger partial charge on any atom is -0.487 e. The average Bonchev–Trinajstić information content (AvgIpc) is 3.09. The Balaban J connectivity index is 1.50. The summed E-state index contributed by atoms with van der Waals surface area (Å²) in [6.45, 7) is 0.198. The van der Waals surface area contributed by atoms with Crippen LogP contribution in [-0.4, -0.2) is 15.0 Å². The highest BCUT2D eigenvalue weighted by atomic mass is 19.1. The molecule has 0 amide bonds. The standard InChI is InChI=1S/C18H12FN3O3/c19-13-3-5-15(6-4-13)22-10-14(20-21-22)11-24-16-7-1-12-2-8-18(23)25-17(12)9-16/h1-10H,11H2. The van der Waals surface area contributed by atoms with E-state index in [0.29, 0.717) is 22.7 Å². The van der Waals surface area contributed by atoms with Crippen LogP contribution < -0.4 is 10.4 Å². The molecule has 0 aliphatic rings. The molecule has 0 aliphatic carbocycles. The third kappa shape index (κ3) is 3.25. The maximum absolute atomic E-state index is 13.0. The zero-order valence-corrected chi connectivity index (χ0v) is 12.9. The molecular weight excluding hydrogens is 325 g/mol. The molecule has 0 radical (unpaired) electrons. The Hall–Kier alpha value is -3.48. The highest BCUT2D eigenvalue weighted by molar-refractivity contribution is 5.77. The Morgan fingerprint density at radius 3 is 2.72 bits per heavy atom. The lowest BCUT2D eigenvalue weighted by Gasteiger charge is -2.04. The van der Waals surface area contributed by atoms with E-state index in [1.165, 1.54) is 22.9 Å². The van der Waals surface area contributed by atoms with Crippen molar-refractivity contribution in [1.82, 2.24) is 15.0 Å². The summed E-state index contributed by atoms with van der Waals surface area (Å²) in [6.07, 6.45) is 1.70. The largest absolute Gasteiger partial charge is 0.487 e. The fraction of sp³-hybridized carbons (Fsp3) is 0.0556. The summed E-state index contributed by atoms with van der Waals surface area (Å²) in [5.41, 5.74) is 1.36. The normalized spacial score (nSPS) is 10.9. The molecule has 0 unspecified atom stereocenters. The van der Waals surface area contributed by atoms with Gasteiger partial charge in [0.25, 0.3) is 0 Å². The molecule has 4 aromatic rings. The van der Waals surface area contributed by atoms with Gasteiger partial charge >= 0.3 is 5.63 Å². The van der Waals surface area contributed by atoms with E-state index in [9.17, 15) is 9.18 Å². The fourth-order valence-corrected chi connectivity index (χ4v) is 2.37. The molecule has 2 aromatic carbocycles. The van der Waals surface area contributed by atoms with E-state index < -0.39 is 5.63 Å². The van der Waals surface area contributed by atoms with E-state index in [-0.39, 0.29) is 12.4 Å². The number of fused-ring (bicyclic) bond motifs is 1. The Kier molecular flexibility index (Phi) is 3.74. The van der Waals surface area contributed by atoms with Gasteiger partial charge in [-0.1, -0.05) is 5.21 Å². The summed E-state index contributed by atoms with van der Waals surface area (Å²) in [5, 5.41) is 8.84. The van der Waals surface area contributed by atoms with Crippen LogP contribution in [0.15, 0.2) is 70.0 Å². The third-order valence-electron chi connectivity index (χ3n) is 3.61. The summed E-state index contributed by atoms with van der Waals surface area (Å²) in [5.74, 6) is 0.244. The first-order valence-corrected chi connectivity index (χ1v) is 7.51. The van der Waals surface area contributed by atoms with E-state index in [0.717, 1.165) is 5.39 Å². The molecule has 6 nitrogen and oxygen atoms in total. The molecular formula is C18H12FN3O3. The van der Waals surface area contributed by atoms with Gasteiger partial charge < -0.3 is 9.15 Å². The van der Waals surface area contributed by atoms with Gasteiger partial charge in [-0.15, -0.1) is 5.10 Å². The highest BCUT2D eigenvalue weighted by Crippen LogP contribution is 2.20. The van der Waals surface area contributed by atoms with Gasteiger partial charge in [0.1, 0.15) is 29.5 Å². The van der Waals surface area contributed by atoms with Crippen LogP contribution in [0.25, 0.3) is 16.7 Å². The van der Waals surface area contributed by atoms with Crippen molar-refractivity contribution in [2.45, 2.75) is 6.61 Å². The number of halogens is 1. The van der Waals surface area contributed by atoms with Crippen LogP contribution >= 0.6 is 0 Å². The quantitative estimate of drug-likeness (QED) is 0.535. The average molecular weight is 337 g/mol. The van der Waals surface area contributed by atoms with Crippen LogP contribution in [0.3, 0.4) is 0 Å². The Morgan fingerprint density at radius 2 is 1.88 bits per heavy atom. The number of ether oxygens (including phenoxy) is 1. The Bertz CT molecular complexity index is 1090. The van der Waals surface area contributed by atoms with Gasteiger partial charge in [0.15, 0.2) is 0 Å². The molecule has 0 saturated heterocycles. The summed E-state index contributed by atoms with van der Waals surface area (Å²) in [6, 6.07) is 14.2.